The minimum Gasteiger partial charge on any atom is -0.394 e. The lowest BCUT2D eigenvalue weighted by Crippen LogP contribution is -2.21. The van der Waals surface area contributed by atoms with E-state index in [1.54, 1.807) is 35.2 Å². The monoisotopic (exact) mass is 797 g/mol. The summed E-state index contributed by atoms with van der Waals surface area (Å²) >= 11 is 0. The number of aliphatic hydroxyl groups excluding tert-OH is 3. The Morgan fingerprint density at radius 2 is 0.722 bits per heavy atom. The normalized spacial score (nSPS) is 12.8. The molecule has 0 rings (SSSR count). The number of aliphatic hydroxyl groups is 3. The molecule has 54 heavy (non-hydrogen) atoms. The summed E-state index contributed by atoms with van der Waals surface area (Å²) < 4.78 is 61.0. The van der Waals surface area contributed by atoms with Crippen LogP contribution in [0.1, 0.15) is 81.1 Å². The van der Waals surface area contributed by atoms with Gasteiger partial charge in [-0.15, -0.1) is 0 Å². The molecule has 0 saturated carbocycles. The van der Waals surface area contributed by atoms with Gasteiger partial charge in [0.2, 0.25) is 0 Å². The zero-order chi connectivity index (χ0) is 41.8. The molecule has 0 aliphatic rings. The van der Waals surface area contributed by atoms with Crippen LogP contribution in [0, 0.1) is 0 Å². The van der Waals surface area contributed by atoms with Crippen molar-refractivity contribution in [3.63, 3.8) is 0 Å². The Bertz CT molecular complexity index is 544. The second-order valence-electron chi connectivity index (χ2n) is 11.7. The van der Waals surface area contributed by atoms with E-state index in [9.17, 15) is 0 Å². The maximum atomic E-state index is 8.69. The van der Waals surface area contributed by atoms with E-state index in [-0.39, 0.29) is 31.5 Å². The maximum absolute atomic E-state index is 8.69. The summed E-state index contributed by atoms with van der Waals surface area (Å²) in [5, 5.41) is 25.7. The summed E-state index contributed by atoms with van der Waals surface area (Å²) in [5.74, 6) is 0. The SMILES string of the molecule is CC(O)COC(C)CO.CCCCOCCOCCOCCCC.CCOCCOCCOCC.COC(C)COC(C)CO.COCCOCCOC. The van der Waals surface area contributed by atoms with Crippen LogP contribution in [0.5, 0.6) is 0 Å². The minimum absolute atomic E-state index is 0.00667. The largest absolute Gasteiger partial charge is 0.394 e. The Hall–Kier alpha value is -0.600. The van der Waals surface area contributed by atoms with Gasteiger partial charge in [-0.1, -0.05) is 26.7 Å². The first-order valence-corrected chi connectivity index (χ1v) is 19.8. The average Bonchev–Trinajstić information content (AvgIpc) is 3.18. The fourth-order valence-electron chi connectivity index (χ4n) is 2.82. The van der Waals surface area contributed by atoms with Crippen molar-refractivity contribution in [2.75, 3.05) is 153 Å². The molecule has 15 heteroatoms. The van der Waals surface area contributed by atoms with Crippen LogP contribution in [-0.4, -0.2) is 193 Å². The molecule has 0 spiro atoms. The molecule has 0 amide bonds. The summed E-state index contributed by atoms with van der Waals surface area (Å²) in [4.78, 5) is 0. The van der Waals surface area contributed by atoms with Gasteiger partial charge in [-0.2, -0.15) is 0 Å². The van der Waals surface area contributed by atoms with Crippen molar-refractivity contribution in [3.8, 4) is 0 Å². The molecule has 0 heterocycles. The second-order valence-corrected chi connectivity index (χ2v) is 11.7. The van der Waals surface area contributed by atoms with Gasteiger partial charge >= 0.3 is 0 Å². The van der Waals surface area contributed by atoms with Gasteiger partial charge in [0.1, 0.15) is 0 Å². The molecule has 15 nitrogen and oxygen atoms in total. The second kappa shape index (κ2) is 61.6. The summed E-state index contributed by atoms with van der Waals surface area (Å²) in [5.41, 5.74) is 0. The van der Waals surface area contributed by atoms with E-state index in [0.29, 0.717) is 92.5 Å². The molecule has 4 atom stereocenters. The molecule has 0 radical (unpaired) electrons. The van der Waals surface area contributed by atoms with Crippen molar-refractivity contribution < 1.29 is 72.2 Å². The lowest BCUT2D eigenvalue weighted by atomic mass is 10.4. The van der Waals surface area contributed by atoms with Crippen LogP contribution in [-0.2, 0) is 56.8 Å². The Morgan fingerprint density at radius 3 is 1.00 bits per heavy atom. The lowest BCUT2D eigenvalue weighted by molar-refractivity contribution is -0.0313. The number of rotatable bonds is 35. The van der Waals surface area contributed by atoms with Crippen LogP contribution in [0.15, 0.2) is 0 Å². The first kappa shape index (κ1) is 62.6. The molecule has 0 aliphatic heterocycles. The van der Waals surface area contributed by atoms with E-state index in [1.807, 2.05) is 27.7 Å². The summed E-state index contributed by atoms with van der Waals surface area (Å²) in [6.45, 7) is 27.6. The van der Waals surface area contributed by atoms with Crippen LogP contribution < -0.4 is 0 Å². The zero-order valence-electron chi connectivity index (χ0n) is 36.5. The highest BCUT2D eigenvalue weighted by atomic mass is 16.6. The number of hydrogen-bond acceptors (Lipinski definition) is 15. The third-order valence-electron chi connectivity index (χ3n) is 6.20. The van der Waals surface area contributed by atoms with Crippen LogP contribution in [0.4, 0.5) is 0 Å². The highest BCUT2D eigenvalue weighted by Crippen LogP contribution is 1.94. The first-order chi connectivity index (χ1) is 26.1. The molecular weight excluding hydrogens is 708 g/mol. The predicted octanol–water partition coefficient (Wildman–Crippen LogP) is 4.19. The molecule has 0 aromatic carbocycles. The smallest absolute Gasteiger partial charge is 0.0779 e. The van der Waals surface area contributed by atoms with Gasteiger partial charge in [-0.25, -0.2) is 0 Å². The summed E-state index contributed by atoms with van der Waals surface area (Å²) in [6.07, 6.45) is 4.06. The Kier molecular flexibility index (Phi) is 71.4. The topological polar surface area (TPSA) is 171 Å². The number of hydrogen-bond donors (Lipinski definition) is 3. The van der Waals surface area contributed by atoms with E-state index in [0.717, 1.165) is 39.3 Å². The average molecular weight is 797 g/mol. The highest BCUT2D eigenvalue weighted by Gasteiger charge is 2.03. The summed E-state index contributed by atoms with van der Waals surface area (Å²) in [7, 11) is 4.94. The Morgan fingerprint density at radius 1 is 0.407 bits per heavy atom. The van der Waals surface area contributed by atoms with Crippen LogP contribution in [0.3, 0.4) is 0 Å². The molecular formula is C39H88O15. The maximum Gasteiger partial charge on any atom is 0.0779 e. The molecule has 0 aromatic heterocycles. The fraction of sp³-hybridized carbons (Fsp3) is 1.00. The van der Waals surface area contributed by atoms with Gasteiger partial charge in [0.15, 0.2) is 0 Å². The van der Waals surface area contributed by atoms with Crippen molar-refractivity contribution in [3.05, 3.63) is 0 Å². The molecule has 0 fully saturated rings. The first-order valence-electron chi connectivity index (χ1n) is 19.8. The Balaban J connectivity index is -0.000000188. The van der Waals surface area contributed by atoms with Crippen LogP contribution in [0.25, 0.3) is 0 Å². The van der Waals surface area contributed by atoms with Gasteiger partial charge < -0.3 is 72.2 Å². The number of unbranched alkanes of at least 4 members (excludes halogenated alkanes) is 2. The Labute approximate surface area is 330 Å². The van der Waals surface area contributed by atoms with Crippen molar-refractivity contribution in [2.24, 2.45) is 0 Å². The fourth-order valence-corrected chi connectivity index (χ4v) is 2.82. The molecule has 0 aromatic rings. The number of ether oxygens (including phenoxy) is 12. The van der Waals surface area contributed by atoms with Crippen molar-refractivity contribution in [1.29, 1.82) is 0 Å². The number of methoxy groups -OCH3 is 3. The minimum atomic E-state index is -0.445. The third kappa shape index (κ3) is 76.2. The highest BCUT2D eigenvalue weighted by molar-refractivity contribution is 4.50. The van der Waals surface area contributed by atoms with Gasteiger partial charge in [-0.3, -0.25) is 0 Å². The van der Waals surface area contributed by atoms with E-state index in [2.05, 4.69) is 13.8 Å². The third-order valence-corrected chi connectivity index (χ3v) is 6.20. The molecule has 334 valence electrons. The van der Waals surface area contributed by atoms with E-state index in [1.165, 1.54) is 12.8 Å². The van der Waals surface area contributed by atoms with Gasteiger partial charge in [0, 0.05) is 47.8 Å². The molecule has 0 bridgehead atoms. The van der Waals surface area contributed by atoms with Crippen molar-refractivity contribution in [1.82, 2.24) is 0 Å². The van der Waals surface area contributed by atoms with E-state index < -0.39 is 6.10 Å². The van der Waals surface area contributed by atoms with E-state index in [4.69, 9.17) is 72.2 Å². The summed E-state index contributed by atoms with van der Waals surface area (Å²) in [6, 6.07) is 0. The molecule has 0 saturated heterocycles. The van der Waals surface area contributed by atoms with Crippen molar-refractivity contribution in [2.45, 2.75) is 105 Å². The van der Waals surface area contributed by atoms with Gasteiger partial charge in [-0.05, 0) is 54.4 Å². The van der Waals surface area contributed by atoms with Gasteiger partial charge in [0.05, 0.1) is 130 Å². The zero-order valence-corrected chi connectivity index (χ0v) is 36.5. The van der Waals surface area contributed by atoms with E-state index >= 15 is 0 Å². The molecule has 3 N–H and O–H groups in total. The molecule has 0 aliphatic carbocycles. The lowest BCUT2D eigenvalue weighted by Gasteiger charge is -2.13. The van der Waals surface area contributed by atoms with Crippen LogP contribution in [0.2, 0.25) is 0 Å². The van der Waals surface area contributed by atoms with Crippen LogP contribution >= 0.6 is 0 Å². The standard InChI is InChI=1S/C12H26O3.C8H18O3.C7H16O3.2C6H14O3/c1-3-5-7-13-9-11-15-12-10-14-8-6-4-2;1-3-9-5-7-11-8-6-10-4-2;1-6(4-8)10-5-7(2)9-3;1-7-3-5-9-6-4-8-2;1-5(8)4-9-6(2)3-7/h3-12H2,1-2H3;3-8H2,1-2H3;6-8H,4-5H2,1-3H3;3-6H2,1-2H3;5-8H,3-4H2,1-2H3. The quantitative estimate of drug-likeness (QED) is 0.0780. The molecule has 4 unspecified atom stereocenters. The van der Waals surface area contributed by atoms with Crippen molar-refractivity contribution >= 4 is 0 Å². The predicted molar refractivity (Wildman–Crippen MR) is 214 cm³/mol. The van der Waals surface area contributed by atoms with Gasteiger partial charge in [0.25, 0.3) is 0 Å².